The fraction of sp³-hybridized carbons (Fsp3) is 0.222. The average Bonchev–Trinajstić information content (AvgIpc) is 2.55. The van der Waals surface area contributed by atoms with E-state index in [1.165, 1.54) is 14.2 Å². The van der Waals surface area contributed by atoms with E-state index in [9.17, 15) is 9.59 Å². The number of benzene rings is 2. The third-order valence-electron chi connectivity index (χ3n) is 3.67. The highest BCUT2D eigenvalue weighted by molar-refractivity contribution is 5.83. The smallest absolute Gasteiger partial charge is 0.310 e. The van der Waals surface area contributed by atoms with Crippen molar-refractivity contribution in [2.75, 3.05) is 25.7 Å². The van der Waals surface area contributed by atoms with Crippen molar-refractivity contribution < 1.29 is 19.1 Å². The largest absolute Gasteiger partial charge is 0.469 e. The number of esters is 2. The van der Waals surface area contributed by atoms with Crippen molar-refractivity contribution in [3.63, 3.8) is 0 Å². The van der Waals surface area contributed by atoms with Crippen LogP contribution < -0.4 is 11.5 Å². The summed E-state index contributed by atoms with van der Waals surface area (Å²) >= 11 is 0. The molecule has 0 saturated carbocycles. The Hall–Kier alpha value is -3.02. The zero-order valence-corrected chi connectivity index (χ0v) is 13.7. The fourth-order valence-corrected chi connectivity index (χ4v) is 2.50. The highest BCUT2D eigenvalue weighted by Gasteiger charge is 2.15. The minimum absolute atomic E-state index is 0.0823. The van der Waals surface area contributed by atoms with E-state index in [-0.39, 0.29) is 24.8 Å². The molecule has 2 rings (SSSR count). The van der Waals surface area contributed by atoms with E-state index in [1.54, 1.807) is 24.3 Å². The van der Waals surface area contributed by atoms with Crippen molar-refractivity contribution in [3.8, 4) is 11.1 Å². The predicted octanol–water partition coefficient (Wildman–Crippen LogP) is 1.95. The maximum Gasteiger partial charge on any atom is 0.310 e. The lowest BCUT2D eigenvalue weighted by atomic mass is 9.92. The molecule has 0 saturated heterocycles. The van der Waals surface area contributed by atoms with Crippen LogP contribution >= 0.6 is 0 Å². The number of carbonyl (C=O) groups excluding carboxylic acids is 2. The highest BCUT2D eigenvalue weighted by atomic mass is 16.5. The molecule has 6 heteroatoms. The number of hydrogen-bond acceptors (Lipinski definition) is 6. The van der Waals surface area contributed by atoms with E-state index in [2.05, 4.69) is 0 Å². The van der Waals surface area contributed by atoms with Crippen LogP contribution in [-0.2, 0) is 31.9 Å². The van der Waals surface area contributed by atoms with Crippen LogP contribution in [0.2, 0.25) is 0 Å². The molecule has 0 bridgehead atoms. The Morgan fingerprint density at radius 1 is 0.792 bits per heavy atom. The van der Waals surface area contributed by atoms with Gasteiger partial charge in [0.2, 0.25) is 0 Å². The van der Waals surface area contributed by atoms with Gasteiger partial charge in [-0.1, -0.05) is 12.1 Å². The molecule has 0 aliphatic carbocycles. The van der Waals surface area contributed by atoms with Gasteiger partial charge in [-0.3, -0.25) is 9.59 Å². The molecule has 0 unspecified atom stereocenters. The number of nitrogens with two attached hydrogens (primary N) is 2. The summed E-state index contributed by atoms with van der Waals surface area (Å²) in [5.41, 5.74) is 15.8. The number of hydrogen-bond donors (Lipinski definition) is 2. The van der Waals surface area contributed by atoms with Gasteiger partial charge in [-0.25, -0.2) is 0 Å². The third kappa shape index (κ3) is 4.04. The minimum atomic E-state index is -0.369. The molecule has 0 amide bonds. The second-order valence-electron chi connectivity index (χ2n) is 5.34. The van der Waals surface area contributed by atoms with Crippen LogP contribution in [0.3, 0.4) is 0 Å². The van der Waals surface area contributed by atoms with Crippen LogP contribution in [0.15, 0.2) is 36.4 Å². The zero-order chi connectivity index (χ0) is 17.7. The second kappa shape index (κ2) is 7.50. The molecule has 2 aromatic rings. The molecule has 0 aliphatic rings. The molecule has 0 aliphatic heterocycles. The number of ether oxygens (including phenoxy) is 2. The lowest BCUT2D eigenvalue weighted by Gasteiger charge is -2.14. The van der Waals surface area contributed by atoms with Crippen LogP contribution in [0.1, 0.15) is 11.1 Å². The van der Waals surface area contributed by atoms with Crippen molar-refractivity contribution in [1.29, 1.82) is 0 Å². The van der Waals surface area contributed by atoms with Gasteiger partial charge in [0, 0.05) is 11.4 Å². The number of carbonyl (C=O) groups is 2. The van der Waals surface area contributed by atoms with E-state index in [4.69, 9.17) is 20.9 Å². The molecule has 0 radical (unpaired) electrons. The fourth-order valence-electron chi connectivity index (χ4n) is 2.50. The normalized spacial score (nSPS) is 10.2. The summed E-state index contributed by atoms with van der Waals surface area (Å²) in [6.45, 7) is 0. The van der Waals surface area contributed by atoms with Crippen molar-refractivity contribution in [3.05, 3.63) is 47.5 Å². The number of nitrogen functional groups attached to an aromatic ring is 2. The third-order valence-corrected chi connectivity index (χ3v) is 3.67. The van der Waals surface area contributed by atoms with Gasteiger partial charge in [0.25, 0.3) is 0 Å². The lowest BCUT2D eigenvalue weighted by molar-refractivity contribution is -0.140. The highest BCUT2D eigenvalue weighted by Crippen LogP contribution is 2.31. The van der Waals surface area contributed by atoms with Gasteiger partial charge < -0.3 is 20.9 Å². The van der Waals surface area contributed by atoms with Crippen LogP contribution in [0.5, 0.6) is 0 Å². The monoisotopic (exact) mass is 328 g/mol. The molecular weight excluding hydrogens is 308 g/mol. The molecule has 0 fully saturated rings. The standard InChI is InChI=1S/C18H20N2O4/c1-23-17(21)9-11-7-13(19)3-5-15(11)16-6-4-14(20)8-12(16)10-18(22)24-2/h3-8H,9-10,19-20H2,1-2H3. The first-order chi connectivity index (χ1) is 11.4. The van der Waals surface area contributed by atoms with Crippen LogP contribution in [0.25, 0.3) is 11.1 Å². The van der Waals surface area contributed by atoms with Crippen LogP contribution in [0, 0.1) is 0 Å². The molecule has 126 valence electrons. The van der Waals surface area contributed by atoms with Gasteiger partial charge in [0.15, 0.2) is 0 Å². The van der Waals surface area contributed by atoms with Crippen molar-refractivity contribution >= 4 is 23.3 Å². The van der Waals surface area contributed by atoms with E-state index < -0.39 is 0 Å². The summed E-state index contributed by atoms with van der Waals surface area (Å²) < 4.78 is 9.48. The molecule has 4 N–H and O–H groups in total. The van der Waals surface area contributed by atoms with E-state index >= 15 is 0 Å². The molecule has 0 atom stereocenters. The van der Waals surface area contributed by atoms with Crippen molar-refractivity contribution in [2.45, 2.75) is 12.8 Å². The Morgan fingerprint density at radius 2 is 1.17 bits per heavy atom. The molecule has 0 heterocycles. The van der Waals surface area contributed by atoms with Crippen molar-refractivity contribution in [1.82, 2.24) is 0 Å². The molecule has 24 heavy (non-hydrogen) atoms. The maximum atomic E-state index is 11.7. The van der Waals surface area contributed by atoms with E-state index in [1.807, 2.05) is 12.1 Å². The van der Waals surface area contributed by atoms with Gasteiger partial charge in [-0.2, -0.15) is 0 Å². The van der Waals surface area contributed by atoms with Gasteiger partial charge in [-0.05, 0) is 46.5 Å². The van der Waals surface area contributed by atoms with Crippen LogP contribution in [-0.4, -0.2) is 26.2 Å². The van der Waals surface area contributed by atoms with E-state index in [0.29, 0.717) is 11.4 Å². The maximum absolute atomic E-state index is 11.7. The topological polar surface area (TPSA) is 105 Å². The summed E-state index contributed by atoms with van der Waals surface area (Å²) in [7, 11) is 2.67. The Labute approximate surface area is 140 Å². The first-order valence-corrected chi connectivity index (χ1v) is 7.35. The Bertz CT molecular complexity index is 706. The number of methoxy groups -OCH3 is 2. The van der Waals surface area contributed by atoms with E-state index in [0.717, 1.165) is 22.3 Å². The molecular formula is C18H20N2O4. The second-order valence-corrected chi connectivity index (χ2v) is 5.34. The summed E-state index contributed by atoms with van der Waals surface area (Å²) in [4.78, 5) is 23.4. The number of rotatable bonds is 5. The molecule has 0 spiro atoms. The summed E-state index contributed by atoms with van der Waals surface area (Å²) in [5, 5.41) is 0. The Kier molecular flexibility index (Phi) is 5.42. The quantitative estimate of drug-likeness (QED) is 0.642. The molecule has 0 aromatic heterocycles. The lowest BCUT2D eigenvalue weighted by Crippen LogP contribution is -2.09. The summed E-state index contributed by atoms with van der Waals surface area (Å²) in [5.74, 6) is -0.737. The molecule has 2 aromatic carbocycles. The zero-order valence-electron chi connectivity index (χ0n) is 13.7. The van der Waals surface area contributed by atoms with Gasteiger partial charge in [0.1, 0.15) is 0 Å². The van der Waals surface area contributed by atoms with Gasteiger partial charge in [-0.15, -0.1) is 0 Å². The minimum Gasteiger partial charge on any atom is -0.469 e. The first kappa shape index (κ1) is 17.3. The Balaban J connectivity index is 2.55. The number of anilines is 2. The summed E-state index contributed by atoms with van der Waals surface area (Å²) in [6, 6.07) is 10.6. The average molecular weight is 328 g/mol. The van der Waals surface area contributed by atoms with Crippen molar-refractivity contribution in [2.24, 2.45) is 0 Å². The predicted molar refractivity (Wildman–Crippen MR) is 92.1 cm³/mol. The molecule has 6 nitrogen and oxygen atoms in total. The first-order valence-electron chi connectivity index (χ1n) is 7.35. The van der Waals surface area contributed by atoms with Gasteiger partial charge in [0.05, 0.1) is 27.1 Å². The van der Waals surface area contributed by atoms with Crippen LogP contribution in [0.4, 0.5) is 11.4 Å². The Morgan fingerprint density at radius 3 is 1.50 bits per heavy atom. The SMILES string of the molecule is COC(=O)Cc1cc(N)ccc1-c1ccc(N)cc1CC(=O)OC. The van der Waals surface area contributed by atoms with Gasteiger partial charge >= 0.3 is 11.9 Å². The summed E-state index contributed by atoms with van der Waals surface area (Å²) in [6.07, 6.45) is 0.165.